The van der Waals surface area contributed by atoms with Crippen molar-refractivity contribution in [1.82, 2.24) is 4.90 Å². The predicted molar refractivity (Wildman–Crippen MR) is 275 cm³/mol. The molecule has 20 nitrogen and oxygen atoms in total. The fourth-order valence-corrected chi connectivity index (χ4v) is 11.7. The second-order valence-electron chi connectivity index (χ2n) is 21.4. The van der Waals surface area contributed by atoms with Crippen LogP contribution in [-0.2, 0) is 76.1 Å². The molecule has 0 radical (unpaired) electrons. The SMILES string of the molecule is CC[C@H]1OC(=O)[C@H](C)[C@@H](OC2C[C@@](C)(OC)[C@@H](OC(=O)c3ccccc3)[C@H](C)O2)[C@H](C)[C@@H](OC2O[C@H](C)C[C@H](N(C)C)[C@H]2OC(=O)c2ccccc2)[C@@](C)(OC)C[C@@H](C)C(=O)[C@H](C)[C@@H](OS(C)(=O)=O)[C@@]1(O)COC(C)=O. The molecule has 2 unspecified atom stereocenters. The molecule has 5 rings (SSSR count). The lowest BCUT2D eigenvalue weighted by Crippen LogP contribution is -2.63. The van der Waals surface area contributed by atoms with Crippen molar-refractivity contribution in [2.45, 2.75) is 179 Å². The van der Waals surface area contributed by atoms with Crippen LogP contribution < -0.4 is 0 Å². The van der Waals surface area contributed by atoms with E-state index in [0.29, 0.717) is 12.0 Å². The Morgan fingerprint density at radius 1 is 0.763 bits per heavy atom. The van der Waals surface area contributed by atoms with Gasteiger partial charge < -0.3 is 57.4 Å². The van der Waals surface area contributed by atoms with E-state index >= 15 is 4.79 Å². The van der Waals surface area contributed by atoms with Crippen LogP contribution in [0.3, 0.4) is 0 Å². The van der Waals surface area contributed by atoms with Crippen molar-refractivity contribution < 1.29 is 89.0 Å². The Bertz CT molecular complexity index is 2390. The molecule has 3 saturated heterocycles. The van der Waals surface area contributed by atoms with Gasteiger partial charge in [0.2, 0.25) is 0 Å². The lowest BCUT2D eigenvalue weighted by molar-refractivity contribution is -0.318. The molecular weight excluding hydrogens is 1010 g/mol. The lowest BCUT2D eigenvalue weighted by Gasteiger charge is -2.50. The van der Waals surface area contributed by atoms with Crippen LogP contribution in [0.25, 0.3) is 0 Å². The summed E-state index contributed by atoms with van der Waals surface area (Å²) in [6.07, 6.45) is -11.1. The molecule has 2 aromatic rings. The average molecular weight is 1090 g/mol. The van der Waals surface area contributed by atoms with Gasteiger partial charge in [0.25, 0.3) is 10.1 Å². The molecule has 2 aromatic carbocycles. The highest BCUT2D eigenvalue weighted by molar-refractivity contribution is 7.86. The van der Waals surface area contributed by atoms with Crippen molar-refractivity contribution >= 4 is 39.8 Å². The van der Waals surface area contributed by atoms with Crippen LogP contribution in [0.4, 0.5) is 0 Å². The Kier molecular flexibility index (Phi) is 21.4. The first-order valence-electron chi connectivity index (χ1n) is 25.9. The van der Waals surface area contributed by atoms with Crippen LogP contribution in [0.5, 0.6) is 0 Å². The molecule has 0 aromatic heterocycles. The molecule has 0 bridgehead atoms. The van der Waals surface area contributed by atoms with Gasteiger partial charge >= 0.3 is 23.9 Å². The number of ketones is 1. The van der Waals surface area contributed by atoms with Crippen molar-refractivity contribution in [1.29, 1.82) is 0 Å². The lowest BCUT2D eigenvalue weighted by atomic mass is 9.73. The zero-order chi connectivity index (χ0) is 56.7. The summed E-state index contributed by atoms with van der Waals surface area (Å²) in [4.78, 5) is 71.7. The molecule has 1 N–H and O–H groups in total. The zero-order valence-corrected chi connectivity index (χ0v) is 47.4. The van der Waals surface area contributed by atoms with Crippen LogP contribution in [0.1, 0.15) is 116 Å². The van der Waals surface area contributed by atoms with E-state index in [9.17, 15) is 32.7 Å². The number of aliphatic hydroxyl groups is 1. The van der Waals surface area contributed by atoms with Crippen LogP contribution in [-0.4, -0.2) is 174 Å². The van der Waals surface area contributed by atoms with Crippen LogP contribution in [0, 0.1) is 23.7 Å². The fraction of sp³-hybridized carbons (Fsp3) is 0.691. The number of carbonyl (C=O) groups excluding carboxylic acids is 5. The normalized spacial score (nSPS) is 37.1. The number of hydrogen-bond donors (Lipinski definition) is 1. The number of ether oxygens (including phenoxy) is 10. The first kappa shape index (κ1) is 62.4. The van der Waals surface area contributed by atoms with Crippen molar-refractivity contribution in [3.8, 4) is 0 Å². The van der Waals surface area contributed by atoms with Crippen molar-refractivity contribution in [2.24, 2.45) is 23.7 Å². The molecule has 0 saturated carbocycles. The van der Waals surface area contributed by atoms with Crippen LogP contribution in [0.2, 0.25) is 0 Å². The van der Waals surface area contributed by atoms with Gasteiger partial charge in [0, 0.05) is 45.3 Å². The Hall–Kier alpha value is -4.42. The third-order valence-electron chi connectivity index (χ3n) is 15.3. The van der Waals surface area contributed by atoms with Crippen LogP contribution >= 0.6 is 0 Å². The second-order valence-corrected chi connectivity index (χ2v) is 23.0. The molecule has 0 spiro atoms. The Morgan fingerprint density at radius 2 is 1.32 bits per heavy atom. The number of nitrogens with zero attached hydrogens (tertiary/aromatic N) is 1. The minimum Gasteiger partial charge on any atom is -0.463 e. The van der Waals surface area contributed by atoms with E-state index in [0.717, 1.165) is 13.2 Å². The minimum absolute atomic E-state index is 0.0441. The summed E-state index contributed by atoms with van der Waals surface area (Å²) in [5.41, 5.74) is -4.80. The Balaban J connectivity index is 1.70. The molecule has 3 aliphatic rings. The molecule has 76 heavy (non-hydrogen) atoms. The predicted octanol–water partition coefficient (Wildman–Crippen LogP) is 5.70. The molecule has 3 aliphatic heterocycles. The first-order valence-corrected chi connectivity index (χ1v) is 27.7. The highest BCUT2D eigenvalue weighted by Crippen LogP contribution is 2.43. The highest BCUT2D eigenvalue weighted by Gasteiger charge is 2.57. The standard InChI is InChI=1S/C55H81NO19S/c1-16-41-55(62,30-67-37(8)57)47(75-76(15,63)64)33(4)43(58)31(2)28-53(9,65-13)46(74-52-45(40(56(11)12)27-32(3)68-52)72-50(60)38-23-19-17-20-24-38)34(5)44(35(6)49(59)70-41)71-42-29-54(10,66-14)48(36(7)69-42)73-51(61)39-25-21-18-22-26-39/h17-26,31-36,40-42,44-48,52,62H,16,27-30H2,1-15H3/t31-,32-,33+,34+,35-,36+,40+,41-,42?,44+,45-,46-,47-,48+,52?,53+,54-,55-/m1/s1. The second kappa shape index (κ2) is 26.0. The summed E-state index contributed by atoms with van der Waals surface area (Å²) >= 11 is 0. The van der Waals surface area contributed by atoms with Crippen LogP contribution in [0.15, 0.2) is 60.7 Å². The number of esters is 4. The van der Waals surface area contributed by atoms with Gasteiger partial charge in [-0.1, -0.05) is 64.1 Å². The van der Waals surface area contributed by atoms with Gasteiger partial charge in [-0.2, -0.15) is 8.42 Å². The molecule has 18 atom stereocenters. The number of rotatable bonds is 16. The molecule has 0 amide bonds. The maximum atomic E-state index is 15.1. The maximum absolute atomic E-state index is 15.1. The number of methoxy groups -OCH3 is 2. The Labute approximate surface area is 448 Å². The van der Waals surface area contributed by atoms with E-state index in [2.05, 4.69) is 0 Å². The molecule has 3 heterocycles. The van der Waals surface area contributed by atoms with Gasteiger partial charge in [-0.25, -0.2) is 9.59 Å². The van der Waals surface area contributed by atoms with Crippen molar-refractivity contribution in [3.05, 3.63) is 71.8 Å². The first-order chi connectivity index (χ1) is 35.5. The van der Waals surface area contributed by atoms with Gasteiger partial charge in [0.1, 0.15) is 30.2 Å². The quantitative estimate of drug-likeness (QED) is 0.120. The Morgan fingerprint density at radius 3 is 1.83 bits per heavy atom. The molecule has 0 aliphatic carbocycles. The highest BCUT2D eigenvalue weighted by atomic mass is 32.2. The average Bonchev–Trinajstić information content (AvgIpc) is 3.37. The van der Waals surface area contributed by atoms with Gasteiger partial charge in [0.15, 0.2) is 30.4 Å². The number of carbonyl (C=O) groups is 5. The van der Waals surface area contributed by atoms with Crippen molar-refractivity contribution in [2.75, 3.05) is 41.2 Å². The largest absolute Gasteiger partial charge is 0.463 e. The summed E-state index contributed by atoms with van der Waals surface area (Å²) in [7, 11) is 2.11. The topological polar surface area (TPSA) is 244 Å². The summed E-state index contributed by atoms with van der Waals surface area (Å²) in [5.74, 6) is -8.41. The maximum Gasteiger partial charge on any atom is 0.338 e. The third-order valence-corrected chi connectivity index (χ3v) is 15.8. The summed E-state index contributed by atoms with van der Waals surface area (Å²) < 4.78 is 95.6. The van der Waals surface area contributed by atoms with Gasteiger partial charge in [0.05, 0.1) is 59.4 Å². The number of cyclic esters (lactones) is 1. The zero-order valence-electron chi connectivity index (χ0n) is 46.6. The van der Waals surface area contributed by atoms with E-state index in [1.807, 2.05) is 25.9 Å². The number of Topliss-reactive ketones (excluding diaryl/α,β-unsaturated/α-hetero) is 1. The monoisotopic (exact) mass is 1090 g/mol. The summed E-state index contributed by atoms with van der Waals surface area (Å²) in [6.45, 7) is 15.0. The summed E-state index contributed by atoms with van der Waals surface area (Å²) in [5, 5.41) is 12.8. The molecular formula is C55H81NO19S. The van der Waals surface area contributed by atoms with Crippen molar-refractivity contribution in [3.63, 3.8) is 0 Å². The van der Waals surface area contributed by atoms with E-state index in [1.165, 1.54) is 28.1 Å². The van der Waals surface area contributed by atoms with E-state index < -0.39 is 154 Å². The van der Waals surface area contributed by atoms with E-state index in [-0.39, 0.29) is 24.8 Å². The molecule has 21 heteroatoms. The smallest absolute Gasteiger partial charge is 0.338 e. The molecule has 426 valence electrons. The van der Waals surface area contributed by atoms with Gasteiger partial charge in [-0.3, -0.25) is 18.6 Å². The fourth-order valence-electron chi connectivity index (χ4n) is 11.0. The number of likely N-dealkylation sites (N-methyl/N-ethyl adjacent to an activating group) is 1. The van der Waals surface area contributed by atoms with Gasteiger partial charge in [-0.05, 0) is 92.2 Å². The number of benzene rings is 2. The van der Waals surface area contributed by atoms with E-state index in [4.69, 9.17) is 51.6 Å². The third kappa shape index (κ3) is 14.8. The van der Waals surface area contributed by atoms with Gasteiger partial charge in [-0.15, -0.1) is 0 Å². The minimum atomic E-state index is -4.48. The summed E-state index contributed by atoms with van der Waals surface area (Å²) in [6, 6.07) is 16.5. The molecule has 3 fully saturated rings. The number of hydrogen-bond acceptors (Lipinski definition) is 20. The van der Waals surface area contributed by atoms with E-state index in [1.54, 1.807) is 102 Å².